The van der Waals surface area contributed by atoms with Crippen molar-refractivity contribution in [3.05, 3.63) is 29.8 Å². The van der Waals surface area contributed by atoms with Crippen LogP contribution in [-0.4, -0.2) is 19.2 Å². The molecule has 0 saturated heterocycles. The highest BCUT2D eigenvalue weighted by molar-refractivity contribution is 5.36. The van der Waals surface area contributed by atoms with Gasteiger partial charge in [0.15, 0.2) is 0 Å². The zero-order valence-electron chi connectivity index (χ0n) is 13.0. The van der Waals surface area contributed by atoms with Crippen molar-refractivity contribution in [3.63, 3.8) is 0 Å². The van der Waals surface area contributed by atoms with E-state index < -0.39 is 0 Å². The summed E-state index contributed by atoms with van der Waals surface area (Å²) in [6.45, 7) is 8.67. The molecule has 2 saturated carbocycles. The van der Waals surface area contributed by atoms with E-state index in [1.54, 1.807) is 0 Å². The Morgan fingerprint density at radius 3 is 2.30 bits per heavy atom. The third-order valence-corrected chi connectivity index (χ3v) is 4.72. The van der Waals surface area contributed by atoms with Crippen molar-refractivity contribution in [1.29, 1.82) is 0 Å². The Morgan fingerprint density at radius 1 is 1.15 bits per heavy atom. The first-order chi connectivity index (χ1) is 9.53. The third kappa shape index (κ3) is 2.85. The molecule has 1 N–H and O–H groups in total. The molecular weight excluding hydrogens is 246 g/mol. The molecule has 0 unspecified atom stereocenters. The van der Waals surface area contributed by atoms with E-state index >= 15 is 0 Å². The van der Waals surface area contributed by atoms with Crippen molar-refractivity contribution in [2.45, 2.75) is 57.9 Å². The molecule has 3 rings (SSSR count). The van der Waals surface area contributed by atoms with Gasteiger partial charge in [-0.3, -0.25) is 0 Å². The van der Waals surface area contributed by atoms with Crippen LogP contribution >= 0.6 is 0 Å². The van der Waals surface area contributed by atoms with Gasteiger partial charge in [-0.2, -0.15) is 0 Å². The normalized spacial score (nSPS) is 23.1. The molecule has 2 aliphatic rings. The molecule has 0 aromatic heterocycles. The number of rotatable bonds is 6. The van der Waals surface area contributed by atoms with E-state index in [4.69, 9.17) is 4.74 Å². The van der Waals surface area contributed by atoms with Crippen LogP contribution in [0.15, 0.2) is 24.3 Å². The molecule has 0 aliphatic heterocycles. The van der Waals surface area contributed by atoms with E-state index in [1.165, 1.54) is 31.2 Å². The summed E-state index contributed by atoms with van der Waals surface area (Å²) >= 11 is 0. The van der Waals surface area contributed by atoms with E-state index in [1.807, 2.05) is 6.92 Å². The summed E-state index contributed by atoms with van der Waals surface area (Å²) in [5, 5.41) is 3.74. The van der Waals surface area contributed by atoms with Crippen molar-refractivity contribution in [2.75, 3.05) is 13.2 Å². The molecule has 0 amide bonds. The third-order valence-electron chi connectivity index (χ3n) is 4.72. The fourth-order valence-electron chi connectivity index (χ4n) is 3.91. The molecule has 0 heterocycles. The average Bonchev–Trinajstić information content (AvgIpc) is 3.19. The summed E-state index contributed by atoms with van der Waals surface area (Å²) in [5.41, 5.74) is 2.31. The Labute approximate surface area is 122 Å². The van der Waals surface area contributed by atoms with Gasteiger partial charge < -0.3 is 10.1 Å². The van der Waals surface area contributed by atoms with Gasteiger partial charge in [0.25, 0.3) is 0 Å². The van der Waals surface area contributed by atoms with Crippen LogP contribution in [0.4, 0.5) is 0 Å². The van der Waals surface area contributed by atoms with Gasteiger partial charge in [0.1, 0.15) is 5.75 Å². The Morgan fingerprint density at radius 2 is 1.80 bits per heavy atom. The summed E-state index contributed by atoms with van der Waals surface area (Å²) in [4.78, 5) is 0. The summed E-state index contributed by atoms with van der Waals surface area (Å²) in [5.74, 6) is 0.986. The minimum atomic E-state index is 0.344. The molecule has 2 nitrogen and oxygen atoms in total. The molecule has 0 atom stereocenters. The first kappa shape index (κ1) is 13.9. The highest BCUT2D eigenvalue weighted by Crippen LogP contribution is 2.55. The first-order valence-corrected chi connectivity index (χ1v) is 8.00. The Balaban J connectivity index is 1.74. The van der Waals surface area contributed by atoms with Crippen molar-refractivity contribution in [1.82, 2.24) is 5.32 Å². The molecule has 1 aromatic carbocycles. The largest absolute Gasteiger partial charge is 0.494 e. The van der Waals surface area contributed by atoms with Crippen molar-refractivity contribution in [3.8, 4) is 5.75 Å². The lowest BCUT2D eigenvalue weighted by Crippen LogP contribution is -2.52. The first-order valence-electron chi connectivity index (χ1n) is 8.00. The van der Waals surface area contributed by atoms with Crippen LogP contribution in [-0.2, 0) is 5.41 Å². The lowest BCUT2D eigenvalue weighted by molar-refractivity contribution is 0.0559. The SMILES string of the molecule is CCOc1ccc(C2(CNC3CC3)CC(C)(C)C2)cc1. The molecule has 20 heavy (non-hydrogen) atoms. The van der Waals surface area contributed by atoms with Crippen LogP contribution in [0.25, 0.3) is 0 Å². The second-order valence-electron chi connectivity index (χ2n) is 7.41. The number of hydrogen-bond donors (Lipinski definition) is 1. The second-order valence-corrected chi connectivity index (χ2v) is 7.41. The lowest BCUT2D eigenvalue weighted by Gasteiger charge is -2.54. The second kappa shape index (κ2) is 5.07. The quantitative estimate of drug-likeness (QED) is 0.849. The summed E-state index contributed by atoms with van der Waals surface area (Å²) in [6, 6.07) is 9.59. The molecular formula is C18H27NO. The Hall–Kier alpha value is -1.02. The van der Waals surface area contributed by atoms with E-state index in [9.17, 15) is 0 Å². The van der Waals surface area contributed by atoms with Crippen molar-refractivity contribution >= 4 is 0 Å². The van der Waals surface area contributed by atoms with E-state index in [-0.39, 0.29) is 0 Å². The van der Waals surface area contributed by atoms with Crippen LogP contribution in [0.3, 0.4) is 0 Å². The summed E-state index contributed by atoms with van der Waals surface area (Å²) in [7, 11) is 0. The van der Waals surface area contributed by atoms with Crippen LogP contribution < -0.4 is 10.1 Å². The summed E-state index contributed by atoms with van der Waals surface area (Å²) in [6.07, 6.45) is 5.30. The molecule has 2 heteroatoms. The number of benzene rings is 1. The predicted molar refractivity (Wildman–Crippen MR) is 83.3 cm³/mol. The lowest BCUT2D eigenvalue weighted by atomic mass is 9.52. The van der Waals surface area contributed by atoms with Gasteiger partial charge in [0, 0.05) is 18.0 Å². The fourth-order valence-corrected chi connectivity index (χ4v) is 3.91. The van der Waals surface area contributed by atoms with Gasteiger partial charge in [0.05, 0.1) is 6.61 Å². The molecule has 0 spiro atoms. The predicted octanol–water partition coefficient (Wildman–Crippen LogP) is 3.90. The Kier molecular flexibility index (Phi) is 3.53. The highest BCUT2D eigenvalue weighted by atomic mass is 16.5. The van der Waals surface area contributed by atoms with Crippen LogP contribution in [0, 0.1) is 5.41 Å². The van der Waals surface area contributed by atoms with E-state index in [2.05, 4.69) is 43.4 Å². The van der Waals surface area contributed by atoms with E-state index in [0.717, 1.165) is 24.9 Å². The maximum absolute atomic E-state index is 5.56. The molecule has 2 fully saturated rings. The van der Waals surface area contributed by atoms with Gasteiger partial charge in [-0.15, -0.1) is 0 Å². The van der Waals surface area contributed by atoms with Crippen LogP contribution in [0.2, 0.25) is 0 Å². The minimum Gasteiger partial charge on any atom is -0.494 e. The minimum absolute atomic E-state index is 0.344. The van der Waals surface area contributed by atoms with Crippen LogP contribution in [0.1, 0.15) is 52.0 Å². The van der Waals surface area contributed by atoms with Crippen molar-refractivity contribution in [2.24, 2.45) is 5.41 Å². The number of ether oxygens (including phenoxy) is 1. The smallest absolute Gasteiger partial charge is 0.119 e. The average molecular weight is 273 g/mol. The maximum Gasteiger partial charge on any atom is 0.119 e. The highest BCUT2D eigenvalue weighted by Gasteiger charge is 2.50. The van der Waals surface area contributed by atoms with Crippen LogP contribution in [0.5, 0.6) is 5.75 Å². The number of hydrogen-bond acceptors (Lipinski definition) is 2. The summed E-state index contributed by atoms with van der Waals surface area (Å²) < 4.78 is 5.56. The van der Waals surface area contributed by atoms with Gasteiger partial charge in [-0.1, -0.05) is 26.0 Å². The molecule has 0 bridgehead atoms. The fraction of sp³-hybridized carbons (Fsp3) is 0.667. The maximum atomic E-state index is 5.56. The number of nitrogens with one attached hydrogen (secondary N) is 1. The molecule has 110 valence electrons. The monoisotopic (exact) mass is 273 g/mol. The zero-order chi connectivity index (χ0) is 14.2. The van der Waals surface area contributed by atoms with Gasteiger partial charge in [-0.05, 0) is 55.7 Å². The van der Waals surface area contributed by atoms with Crippen molar-refractivity contribution < 1.29 is 4.74 Å². The molecule has 2 aliphatic carbocycles. The van der Waals surface area contributed by atoms with Gasteiger partial charge in [0.2, 0.25) is 0 Å². The van der Waals surface area contributed by atoms with Gasteiger partial charge in [-0.25, -0.2) is 0 Å². The molecule has 0 radical (unpaired) electrons. The molecule has 1 aromatic rings. The standard InChI is InChI=1S/C18H27NO/c1-4-20-16-9-5-14(6-10-16)18(11-17(2,3)12-18)13-19-15-7-8-15/h5-6,9-10,15,19H,4,7-8,11-13H2,1-3H3. The van der Waals surface area contributed by atoms with E-state index in [0.29, 0.717) is 10.8 Å². The topological polar surface area (TPSA) is 21.3 Å². The Bertz CT molecular complexity index is 451. The zero-order valence-corrected chi connectivity index (χ0v) is 13.0. The van der Waals surface area contributed by atoms with Gasteiger partial charge >= 0.3 is 0 Å².